The van der Waals surface area contributed by atoms with Crippen LogP contribution in [-0.2, 0) is 9.59 Å². The zero-order valence-electron chi connectivity index (χ0n) is 21.0. The van der Waals surface area contributed by atoms with Gasteiger partial charge < -0.3 is 14.6 Å². The molecular weight excluding hydrogens is 537 g/mol. The van der Waals surface area contributed by atoms with E-state index in [0.717, 1.165) is 5.56 Å². The second kappa shape index (κ2) is 10.8. The summed E-state index contributed by atoms with van der Waals surface area (Å²) in [5, 5.41) is 11.9. The molecule has 1 amide bonds. The van der Waals surface area contributed by atoms with Crippen molar-refractivity contribution in [2.75, 3.05) is 12.0 Å². The molecule has 1 N–H and O–H groups in total. The maximum atomic E-state index is 13.6. The van der Waals surface area contributed by atoms with Gasteiger partial charge in [0.05, 0.1) is 29.3 Å². The van der Waals surface area contributed by atoms with E-state index >= 15 is 0 Å². The molecule has 1 unspecified atom stereocenters. The van der Waals surface area contributed by atoms with Crippen molar-refractivity contribution in [1.29, 1.82) is 0 Å². The van der Waals surface area contributed by atoms with E-state index in [-0.39, 0.29) is 26.9 Å². The maximum Gasteiger partial charge on any atom is 0.300 e. The molecule has 0 spiro atoms. The highest BCUT2D eigenvalue weighted by molar-refractivity contribution is 6.52. The molecule has 39 heavy (non-hydrogen) atoms. The lowest BCUT2D eigenvalue weighted by Crippen LogP contribution is -2.29. The minimum absolute atomic E-state index is 0.0959. The smallest absolute Gasteiger partial charge is 0.300 e. The number of ether oxygens (including phenoxy) is 2. The Kier molecular flexibility index (Phi) is 7.33. The maximum absolute atomic E-state index is 13.6. The number of rotatable bonds is 6. The predicted octanol–water partition coefficient (Wildman–Crippen LogP) is 7.73. The van der Waals surface area contributed by atoms with Crippen LogP contribution >= 0.6 is 23.2 Å². The molecule has 6 nitrogen and oxygen atoms in total. The molecule has 4 aromatic rings. The first kappa shape index (κ1) is 26.4. The number of ketones is 1. The third kappa shape index (κ3) is 5.09. The summed E-state index contributed by atoms with van der Waals surface area (Å²) in [6.45, 7) is 1.93. The van der Waals surface area contributed by atoms with Crippen LogP contribution in [0.3, 0.4) is 0 Å². The third-order valence-corrected chi connectivity index (χ3v) is 6.88. The summed E-state index contributed by atoms with van der Waals surface area (Å²) in [4.78, 5) is 28.4. The quantitative estimate of drug-likeness (QED) is 0.148. The summed E-state index contributed by atoms with van der Waals surface area (Å²) in [7, 11) is 1.39. The number of benzene rings is 4. The van der Waals surface area contributed by atoms with Gasteiger partial charge in [-0.15, -0.1) is 0 Å². The van der Waals surface area contributed by atoms with Crippen molar-refractivity contribution >= 4 is 46.3 Å². The van der Waals surface area contributed by atoms with Crippen molar-refractivity contribution in [3.8, 4) is 17.2 Å². The van der Waals surface area contributed by atoms with Gasteiger partial charge in [-0.05, 0) is 61.0 Å². The van der Waals surface area contributed by atoms with Crippen molar-refractivity contribution in [3.63, 3.8) is 0 Å². The predicted molar refractivity (Wildman–Crippen MR) is 152 cm³/mol. The Bertz CT molecular complexity index is 1600. The molecule has 196 valence electrons. The van der Waals surface area contributed by atoms with Crippen LogP contribution in [0.25, 0.3) is 5.76 Å². The summed E-state index contributed by atoms with van der Waals surface area (Å²) in [5.41, 5.74) is 2.00. The Morgan fingerprint density at radius 3 is 2.26 bits per heavy atom. The summed E-state index contributed by atoms with van der Waals surface area (Å²) >= 11 is 12.6. The normalized spacial score (nSPS) is 16.4. The van der Waals surface area contributed by atoms with Gasteiger partial charge in [0.2, 0.25) is 0 Å². The van der Waals surface area contributed by atoms with Gasteiger partial charge >= 0.3 is 0 Å². The number of para-hydroxylation sites is 1. The zero-order chi connectivity index (χ0) is 27.7. The molecule has 8 heteroatoms. The molecule has 4 aromatic carbocycles. The molecule has 1 fully saturated rings. The first-order chi connectivity index (χ1) is 18.8. The number of aryl methyl sites for hydroxylation is 1. The fourth-order valence-corrected chi connectivity index (χ4v) is 5.15. The van der Waals surface area contributed by atoms with E-state index < -0.39 is 23.5 Å². The standard InChI is InChI=1S/C31H23Cl2NO5/c1-18-11-13-21(14-12-18)34-27(19-7-6-10-23(15-19)39-22-8-4-3-5-9-22)26(29(36)31(34)37)28(35)24-16-20(32)17-25(33)30(24)38-2/h3-17,27,35H,1-2H3/b28-26+. The third-order valence-electron chi connectivity index (χ3n) is 6.38. The lowest BCUT2D eigenvalue weighted by Gasteiger charge is -2.26. The summed E-state index contributed by atoms with van der Waals surface area (Å²) in [6.07, 6.45) is 0. The molecule has 1 atom stereocenters. The van der Waals surface area contributed by atoms with Gasteiger partial charge in [0, 0.05) is 10.7 Å². The first-order valence-corrected chi connectivity index (χ1v) is 12.8. The van der Waals surface area contributed by atoms with Crippen molar-refractivity contribution in [2.45, 2.75) is 13.0 Å². The number of aliphatic hydroxyl groups excluding tert-OH is 1. The van der Waals surface area contributed by atoms with Gasteiger partial charge in [0.1, 0.15) is 23.0 Å². The number of Topliss-reactive ketones (excluding diaryl/α,β-unsaturated/α-hetero) is 1. The van der Waals surface area contributed by atoms with Crippen LogP contribution in [0.15, 0.2) is 96.6 Å². The Hall–Kier alpha value is -4.26. The molecule has 1 saturated heterocycles. The molecular formula is C31H23Cl2NO5. The van der Waals surface area contributed by atoms with E-state index in [1.54, 1.807) is 36.4 Å². The monoisotopic (exact) mass is 559 g/mol. The zero-order valence-corrected chi connectivity index (χ0v) is 22.5. The number of carbonyl (C=O) groups excluding carboxylic acids is 2. The molecule has 0 bridgehead atoms. The van der Waals surface area contributed by atoms with E-state index in [0.29, 0.717) is 22.7 Å². The molecule has 0 aliphatic carbocycles. The number of carbonyl (C=O) groups is 2. The largest absolute Gasteiger partial charge is 0.507 e. The highest BCUT2D eigenvalue weighted by atomic mass is 35.5. The van der Waals surface area contributed by atoms with Crippen LogP contribution in [0.4, 0.5) is 5.69 Å². The van der Waals surface area contributed by atoms with Gasteiger partial charge in [-0.3, -0.25) is 14.5 Å². The van der Waals surface area contributed by atoms with Gasteiger partial charge in [-0.2, -0.15) is 0 Å². The molecule has 1 heterocycles. The number of anilines is 1. The minimum atomic E-state index is -0.977. The Labute approximate surface area is 235 Å². The van der Waals surface area contributed by atoms with E-state index in [4.69, 9.17) is 32.7 Å². The van der Waals surface area contributed by atoms with E-state index in [1.165, 1.54) is 24.1 Å². The molecule has 0 aromatic heterocycles. The topological polar surface area (TPSA) is 76.1 Å². The summed E-state index contributed by atoms with van der Waals surface area (Å²) < 4.78 is 11.4. The fraction of sp³-hybridized carbons (Fsp3) is 0.0968. The first-order valence-electron chi connectivity index (χ1n) is 12.0. The van der Waals surface area contributed by atoms with Crippen molar-refractivity contribution < 1.29 is 24.2 Å². The number of nitrogens with zero attached hydrogens (tertiary/aromatic N) is 1. The Morgan fingerprint density at radius 2 is 1.56 bits per heavy atom. The average Bonchev–Trinajstić information content (AvgIpc) is 3.19. The number of hydrogen-bond donors (Lipinski definition) is 1. The van der Waals surface area contributed by atoms with Crippen LogP contribution in [-0.4, -0.2) is 23.9 Å². The van der Waals surface area contributed by atoms with Crippen LogP contribution in [0.2, 0.25) is 10.0 Å². The molecule has 1 aliphatic rings. The van der Waals surface area contributed by atoms with Gasteiger partial charge in [0.15, 0.2) is 0 Å². The number of methoxy groups -OCH3 is 1. The van der Waals surface area contributed by atoms with Crippen molar-refractivity contribution in [1.82, 2.24) is 0 Å². The van der Waals surface area contributed by atoms with Crippen molar-refractivity contribution in [2.24, 2.45) is 0 Å². The number of halogens is 2. The van der Waals surface area contributed by atoms with Gasteiger partial charge in [-0.25, -0.2) is 0 Å². The Balaban J connectivity index is 1.72. The van der Waals surface area contributed by atoms with Crippen LogP contribution in [0.1, 0.15) is 22.7 Å². The minimum Gasteiger partial charge on any atom is -0.507 e. The van der Waals surface area contributed by atoms with Crippen LogP contribution < -0.4 is 14.4 Å². The lowest BCUT2D eigenvalue weighted by atomic mass is 9.94. The van der Waals surface area contributed by atoms with Gasteiger partial charge in [-0.1, -0.05) is 71.2 Å². The van der Waals surface area contributed by atoms with E-state index in [2.05, 4.69) is 0 Å². The fourth-order valence-electron chi connectivity index (χ4n) is 4.58. The summed E-state index contributed by atoms with van der Waals surface area (Å²) in [6, 6.07) is 25.4. The second-order valence-corrected chi connectivity index (χ2v) is 9.80. The molecule has 1 aliphatic heterocycles. The highest BCUT2D eigenvalue weighted by Crippen LogP contribution is 2.45. The average molecular weight is 560 g/mol. The second-order valence-electron chi connectivity index (χ2n) is 8.96. The Morgan fingerprint density at radius 1 is 0.872 bits per heavy atom. The SMILES string of the molecule is COc1c(Cl)cc(Cl)cc1/C(O)=C1\C(=O)C(=O)N(c2ccc(C)cc2)C1c1cccc(Oc2ccccc2)c1. The number of aliphatic hydroxyl groups is 1. The highest BCUT2D eigenvalue weighted by Gasteiger charge is 2.47. The molecule has 0 saturated carbocycles. The summed E-state index contributed by atoms with van der Waals surface area (Å²) in [5.74, 6) is -0.849. The van der Waals surface area contributed by atoms with Crippen LogP contribution in [0, 0.1) is 6.92 Å². The molecule has 5 rings (SSSR count). The lowest BCUT2D eigenvalue weighted by molar-refractivity contribution is -0.132. The number of amides is 1. The van der Waals surface area contributed by atoms with Crippen molar-refractivity contribution in [3.05, 3.63) is 123 Å². The van der Waals surface area contributed by atoms with E-state index in [9.17, 15) is 14.7 Å². The molecule has 0 radical (unpaired) electrons. The number of hydrogen-bond acceptors (Lipinski definition) is 5. The van der Waals surface area contributed by atoms with E-state index in [1.807, 2.05) is 49.4 Å². The van der Waals surface area contributed by atoms with Crippen LogP contribution in [0.5, 0.6) is 17.2 Å². The van der Waals surface area contributed by atoms with Gasteiger partial charge in [0.25, 0.3) is 11.7 Å².